The molecule has 6 N–H and O–H groups in total. The van der Waals surface area contributed by atoms with Gasteiger partial charge < -0.3 is 50.8 Å². The normalized spacial score (nSPS) is 27.4. The van der Waals surface area contributed by atoms with E-state index in [2.05, 4.69) is 37.6 Å². The molecule has 5 fully saturated rings. The maximum absolute atomic E-state index is 15.2. The van der Waals surface area contributed by atoms with Gasteiger partial charge in [-0.3, -0.25) is 33.6 Å². The minimum absolute atomic E-state index is 0.00793. The van der Waals surface area contributed by atoms with E-state index in [1.54, 1.807) is 11.1 Å². The Labute approximate surface area is 402 Å². The van der Waals surface area contributed by atoms with Crippen LogP contribution in [0.15, 0.2) is 60.8 Å². The predicted molar refractivity (Wildman–Crippen MR) is 256 cm³/mol. The van der Waals surface area contributed by atoms with Crippen LogP contribution in [-0.4, -0.2) is 138 Å². The van der Waals surface area contributed by atoms with Crippen LogP contribution >= 0.6 is 0 Å². The smallest absolute Gasteiger partial charge is 0.246 e. The lowest BCUT2D eigenvalue weighted by Gasteiger charge is -2.38. The zero-order chi connectivity index (χ0) is 48.1. The molecule has 3 saturated heterocycles. The Morgan fingerprint density at radius 1 is 0.783 bits per heavy atom. The predicted octanol–water partition coefficient (Wildman–Crippen LogP) is 2.96. The second kappa shape index (κ2) is 21.3. The van der Waals surface area contributed by atoms with Crippen molar-refractivity contribution in [3.63, 3.8) is 0 Å². The summed E-state index contributed by atoms with van der Waals surface area (Å²) in [4.78, 5) is 109. The van der Waals surface area contributed by atoms with Crippen molar-refractivity contribution >= 4 is 57.8 Å². The number of aromatic amines is 1. The van der Waals surface area contributed by atoms with Gasteiger partial charge in [-0.2, -0.15) is 0 Å². The first kappa shape index (κ1) is 48.0. The molecule has 2 aromatic carbocycles. The van der Waals surface area contributed by atoms with Gasteiger partial charge in [0.15, 0.2) is 0 Å². The first-order valence-electron chi connectivity index (χ1n) is 25.1. The van der Waals surface area contributed by atoms with E-state index in [1.165, 1.54) is 12.0 Å². The fourth-order valence-corrected chi connectivity index (χ4v) is 11.9. The second-order valence-corrected chi connectivity index (χ2v) is 19.8. The monoisotopic (exact) mass is 946 g/mol. The Balaban J connectivity index is 1.08. The number of allylic oxidation sites excluding steroid dienone is 1. The third-order valence-electron chi connectivity index (χ3n) is 15.5. The highest BCUT2D eigenvalue weighted by Gasteiger charge is 2.52. The third kappa shape index (κ3) is 10.3. The van der Waals surface area contributed by atoms with Crippen molar-refractivity contribution in [3.05, 3.63) is 77.5 Å². The van der Waals surface area contributed by atoms with Gasteiger partial charge in [-0.05, 0) is 92.0 Å². The number of para-hydroxylation sites is 1. The number of ether oxygens (including phenoxy) is 2. The molecule has 368 valence electrons. The number of rotatable bonds is 12. The topological polar surface area (TPSA) is 220 Å². The summed E-state index contributed by atoms with van der Waals surface area (Å²) in [5.74, 6) is -3.27. The van der Waals surface area contributed by atoms with Crippen LogP contribution in [-0.2, 0) is 55.9 Å². The SMILES string of the molecule is COCCOCC(=O)NCC[C@@H]1NC(=O)[C@H](Cc2c[nH]c3ccccc23)NC(=O)C2(CCCC2)NC(=O)[C@H](CC2=CCc3ccccc32)NC(=O)[C@@H]2C[C@@H]3CCCC[C@@H]3N2C(=O)[C@H]2CCCN2C1=O. The van der Waals surface area contributed by atoms with Gasteiger partial charge in [0.25, 0.3) is 0 Å². The van der Waals surface area contributed by atoms with Crippen molar-refractivity contribution in [2.45, 2.75) is 138 Å². The highest BCUT2D eigenvalue weighted by atomic mass is 16.5. The highest BCUT2D eigenvalue weighted by molar-refractivity contribution is 6.01. The standard InChI is InChI=1S/C52H66N8O9/c1-68-25-26-69-31-45(61)53-23-20-39-49(65)59-24-10-17-43(59)50(66)60-42-16-7-3-12-34(42)29-44(60)48(64)56-41(27-33-19-18-32-11-2-4-13-36(32)33)47(63)58-52(21-8-9-22-52)51(67)57-40(46(62)55-39)28-35-30-54-38-15-6-5-14-37(35)38/h2,4-6,11,13-15,19,30,34,39-44,54H,3,7-10,12,16-18,20-29,31H2,1H3,(H,53,61)(H,55,62)(H,56,64)(H,57,67)(H,58,63)/t34-,39-,40-,41-,42-,43+,44-/m0/s1. The van der Waals surface area contributed by atoms with Gasteiger partial charge in [0.05, 0.1) is 13.2 Å². The van der Waals surface area contributed by atoms with Crippen molar-refractivity contribution in [1.29, 1.82) is 0 Å². The molecule has 3 aromatic rings. The van der Waals surface area contributed by atoms with Gasteiger partial charge in [0, 0.05) is 56.2 Å². The van der Waals surface area contributed by atoms with Gasteiger partial charge in [-0.15, -0.1) is 0 Å². The van der Waals surface area contributed by atoms with Gasteiger partial charge in [0.1, 0.15) is 42.4 Å². The number of fused-ring (bicyclic) bond motifs is 6. The van der Waals surface area contributed by atoms with E-state index >= 15 is 14.4 Å². The molecule has 9 rings (SSSR count). The number of carbonyl (C=O) groups is 7. The summed E-state index contributed by atoms with van der Waals surface area (Å²) in [7, 11) is 1.53. The van der Waals surface area contributed by atoms with Crippen LogP contribution in [0, 0.1) is 5.92 Å². The van der Waals surface area contributed by atoms with E-state index in [1.807, 2.05) is 48.5 Å². The average molecular weight is 947 g/mol. The molecule has 6 aliphatic rings. The molecule has 1 spiro atoms. The molecular weight excluding hydrogens is 881 g/mol. The van der Waals surface area contributed by atoms with Crippen LogP contribution in [0.4, 0.5) is 0 Å². The molecule has 17 nitrogen and oxygen atoms in total. The Morgan fingerprint density at radius 3 is 2.39 bits per heavy atom. The molecule has 3 aliphatic heterocycles. The quantitative estimate of drug-likeness (QED) is 0.147. The van der Waals surface area contributed by atoms with Crippen molar-refractivity contribution < 1.29 is 43.0 Å². The van der Waals surface area contributed by atoms with Crippen LogP contribution in [0.2, 0.25) is 0 Å². The van der Waals surface area contributed by atoms with E-state index in [0.29, 0.717) is 58.0 Å². The summed E-state index contributed by atoms with van der Waals surface area (Å²) in [6.45, 7) is 0.541. The van der Waals surface area contributed by atoms with Crippen LogP contribution in [0.5, 0.6) is 0 Å². The lowest BCUT2D eigenvalue weighted by molar-refractivity contribution is -0.150. The summed E-state index contributed by atoms with van der Waals surface area (Å²) in [5.41, 5.74) is 3.21. The summed E-state index contributed by atoms with van der Waals surface area (Å²) in [6, 6.07) is 10.1. The maximum Gasteiger partial charge on any atom is 0.246 e. The number of methoxy groups -OCH3 is 1. The van der Waals surface area contributed by atoms with Crippen molar-refractivity contribution in [2.75, 3.05) is 40.0 Å². The number of benzene rings is 2. The number of aromatic nitrogens is 1. The Morgan fingerprint density at radius 2 is 1.55 bits per heavy atom. The minimum Gasteiger partial charge on any atom is -0.382 e. The number of nitrogens with zero attached hydrogens (tertiary/aromatic N) is 2. The van der Waals surface area contributed by atoms with Crippen LogP contribution in [0.1, 0.15) is 100 Å². The van der Waals surface area contributed by atoms with E-state index in [-0.39, 0.29) is 63.4 Å². The molecule has 7 atom stereocenters. The molecule has 7 amide bonds. The summed E-state index contributed by atoms with van der Waals surface area (Å²) in [6.07, 6.45) is 11.4. The molecule has 1 aromatic heterocycles. The van der Waals surface area contributed by atoms with Crippen molar-refractivity contribution in [1.82, 2.24) is 41.4 Å². The summed E-state index contributed by atoms with van der Waals surface area (Å²) < 4.78 is 10.4. The Kier molecular flexibility index (Phi) is 14.8. The summed E-state index contributed by atoms with van der Waals surface area (Å²) >= 11 is 0. The van der Waals surface area contributed by atoms with Crippen molar-refractivity contribution in [2.24, 2.45) is 5.92 Å². The van der Waals surface area contributed by atoms with Crippen LogP contribution in [0.3, 0.4) is 0 Å². The van der Waals surface area contributed by atoms with Gasteiger partial charge >= 0.3 is 0 Å². The zero-order valence-corrected chi connectivity index (χ0v) is 39.5. The fourth-order valence-electron chi connectivity index (χ4n) is 11.9. The molecule has 4 heterocycles. The van der Waals surface area contributed by atoms with Gasteiger partial charge in [0.2, 0.25) is 41.4 Å². The Hall–Kier alpha value is -6.07. The average Bonchev–Trinajstić information content (AvgIpc) is 4.22. The lowest BCUT2D eigenvalue weighted by Crippen LogP contribution is -2.65. The number of hydrogen-bond donors (Lipinski definition) is 6. The maximum atomic E-state index is 15.2. The second-order valence-electron chi connectivity index (χ2n) is 19.8. The molecule has 69 heavy (non-hydrogen) atoms. The molecule has 17 heteroatoms. The highest BCUT2D eigenvalue weighted by Crippen LogP contribution is 2.42. The lowest BCUT2D eigenvalue weighted by atomic mass is 9.84. The van der Waals surface area contributed by atoms with Crippen LogP contribution < -0.4 is 26.6 Å². The van der Waals surface area contributed by atoms with Gasteiger partial charge in [-0.1, -0.05) is 74.2 Å². The minimum atomic E-state index is -1.41. The van der Waals surface area contributed by atoms with E-state index in [9.17, 15) is 19.2 Å². The molecular formula is C52H66N8O9. The molecule has 2 saturated carbocycles. The number of amides is 7. The molecule has 0 unspecified atom stereocenters. The van der Waals surface area contributed by atoms with Crippen molar-refractivity contribution in [3.8, 4) is 0 Å². The molecule has 3 aliphatic carbocycles. The van der Waals surface area contributed by atoms with Crippen LogP contribution in [0.25, 0.3) is 16.5 Å². The van der Waals surface area contributed by atoms with E-state index < -0.39 is 71.2 Å². The molecule has 0 radical (unpaired) electrons. The van der Waals surface area contributed by atoms with E-state index in [0.717, 1.165) is 58.8 Å². The number of nitrogens with one attached hydrogen (secondary N) is 6. The first-order valence-corrected chi connectivity index (χ1v) is 25.1. The fraction of sp³-hybridized carbons (Fsp3) is 0.558. The molecule has 0 bridgehead atoms. The number of carbonyl (C=O) groups excluding carboxylic acids is 7. The Bertz CT molecular complexity index is 2460. The zero-order valence-electron chi connectivity index (χ0n) is 39.5. The van der Waals surface area contributed by atoms with Gasteiger partial charge in [-0.25, -0.2) is 0 Å². The third-order valence-corrected chi connectivity index (χ3v) is 15.5. The summed E-state index contributed by atoms with van der Waals surface area (Å²) in [5, 5.41) is 15.9. The number of H-pyrrole nitrogens is 1. The number of hydrogen-bond acceptors (Lipinski definition) is 9. The van der Waals surface area contributed by atoms with E-state index in [4.69, 9.17) is 9.47 Å². The first-order chi connectivity index (χ1) is 33.5. The largest absolute Gasteiger partial charge is 0.382 e.